The van der Waals surface area contributed by atoms with Gasteiger partial charge in [-0.15, -0.1) is 0 Å². The van der Waals surface area contributed by atoms with Gasteiger partial charge in [0.05, 0.1) is 0 Å². The van der Waals surface area contributed by atoms with Crippen LogP contribution in [0.3, 0.4) is 0 Å². The van der Waals surface area contributed by atoms with Crippen molar-refractivity contribution in [2.75, 3.05) is 6.54 Å². The monoisotopic (exact) mass is 324 g/mol. The molecule has 0 aromatic heterocycles. The lowest BCUT2D eigenvalue weighted by Gasteiger charge is -2.09. The van der Waals surface area contributed by atoms with Gasteiger partial charge < -0.3 is 10.6 Å². The van der Waals surface area contributed by atoms with E-state index < -0.39 is 0 Å². The Morgan fingerprint density at radius 2 is 1.50 bits per heavy atom. The molecule has 0 aliphatic rings. The Kier molecular flexibility index (Phi) is 6.13. The highest BCUT2D eigenvalue weighted by molar-refractivity contribution is 5.97. The first-order valence-corrected chi connectivity index (χ1v) is 8.17. The van der Waals surface area contributed by atoms with E-state index in [1.165, 1.54) is 5.56 Å². The third-order valence-electron chi connectivity index (χ3n) is 3.62. The second kappa shape index (κ2) is 8.29. The maximum absolute atomic E-state index is 12.2. The van der Waals surface area contributed by atoms with Crippen LogP contribution in [0.1, 0.15) is 45.7 Å². The number of hydrogen-bond donors (Lipinski definition) is 2. The average Bonchev–Trinajstić information content (AvgIpc) is 2.57. The van der Waals surface area contributed by atoms with Gasteiger partial charge in [0.2, 0.25) is 0 Å². The lowest BCUT2D eigenvalue weighted by Crippen LogP contribution is -2.27. The summed E-state index contributed by atoms with van der Waals surface area (Å²) in [6.45, 7) is 7.23. The standard InChI is InChI=1S/C20H24N2O2/c1-14(2)12-21-19(23)17-7-9-18(10-8-17)20(24)22-13-16-6-4-5-15(3)11-16/h4-11,14H,12-13H2,1-3H3,(H,21,23)(H,22,24). The third kappa shape index (κ3) is 5.23. The predicted molar refractivity (Wildman–Crippen MR) is 96.0 cm³/mol. The summed E-state index contributed by atoms with van der Waals surface area (Å²) in [6, 6.07) is 14.7. The Morgan fingerprint density at radius 1 is 0.917 bits per heavy atom. The van der Waals surface area contributed by atoms with Crippen LogP contribution in [-0.2, 0) is 6.54 Å². The molecule has 24 heavy (non-hydrogen) atoms. The molecular formula is C20H24N2O2. The summed E-state index contributed by atoms with van der Waals surface area (Å²) in [5.41, 5.74) is 3.33. The van der Waals surface area contributed by atoms with Crippen LogP contribution in [0.15, 0.2) is 48.5 Å². The zero-order valence-corrected chi connectivity index (χ0v) is 14.4. The Morgan fingerprint density at radius 3 is 2.04 bits per heavy atom. The molecular weight excluding hydrogens is 300 g/mol. The molecule has 0 bridgehead atoms. The maximum Gasteiger partial charge on any atom is 0.251 e. The van der Waals surface area contributed by atoms with E-state index in [-0.39, 0.29) is 11.8 Å². The molecule has 0 unspecified atom stereocenters. The van der Waals surface area contributed by atoms with E-state index in [9.17, 15) is 9.59 Å². The van der Waals surface area contributed by atoms with Crippen molar-refractivity contribution in [3.8, 4) is 0 Å². The van der Waals surface area contributed by atoms with Crippen molar-refractivity contribution in [2.45, 2.75) is 27.3 Å². The Hall–Kier alpha value is -2.62. The second-order valence-electron chi connectivity index (χ2n) is 6.35. The van der Waals surface area contributed by atoms with Crippen LogP contribution in [-0.4, -0.2) is 18.4 Å². The molecule has 2 aromatic carbocycles. The first-order chi connectivity index (χ1) is 11.5. The van der Waals surface area contributed by atoms with E-state index in [1.807, 2.05) is 45.0 Å². The largest absolute Gasteiger partial charge is 0.352 e. The number of amides is 2. The third-order valence-corrected chi connectivity index (χ3v) is 3.62. The minimum Gasteiger partial charge on any atom is -0.352 e. The van der Waals surface area contributed by atoms with Crippen LogP contribution in [0.5, 0.6) is 0 Å². The van der Waals surface area contributed by atoms with Gasteiger partial charge in [0.1, 0.15) is 0 Å². The quantitative estimate of drug-likeness (QED) is 0.856. The number of nitrogens with one attached hydrogen (secondary N) is 2. The fraction of sp³-hybridized carbons (Fsp3) is 0.300. The molecule has 0 spiro atoms. The van der Waals surface area contributed by atoms with Crippen molar-refractivity contribution < 1.29 is 9.59 Å². The molecule has 2 aromatic rings. The van der Waals surface area contributed by atoms with Crippen molar-refractivity contribution >= 4 is 11.8 Å². The molecule has 2 N–H and O–H groups in total. The highest BCUT2D eigenvalue weighted by Gasteiger charge is 2.09. The minimum atomic E-state index is -0.148. The summed E-state index contributed by atoms with van der Waals surface area (Å²) >= 11 is 0. The van der Waals surface area contributed by atoms with E-state index in [1.54, 1.807) is 24.3 Å². The fourth-order valence-electron chi connectivity index (χ4n) is 2.28. The molecule has 4 heteroatoms. The highest BCUT2D eigenvalue weighted by atomic mass is 16.2. The van der Waals surface area contributed by atoms with Crippen molar-refractivity contribution in [1.82, 2.24) is 10.6 Å². The van der Waals surface area contributed by atoms with Crippen LogP contribution in [0.4, 0.5) is 0 Å². The lowest BCUT2D eigenvalue weighted by atomic mass is 10.1. The zero-order valence-electron chi connectivity index (χ0n) is 14.4. The van der Waals surface area contributed by atoms with Crippen LogP contribution in [0, 0.1) is 12.8 Å². The molecule has 2 amide bonds. The van der Waals surface area contributed by atoms with Crippen LogP contribution in [0.25, 0.3) is 0 Å². The van der Waals surface area contributed by atoms with Gasteiger partial charge in [-0.25, -0.2) is 0 Å². The molecule has 2 rings (SSSR count). The molecule has 0 atom stereocenters. The molecule has 0 fully saturated rings. The number of carbonyl (C=O) groups excluding carboxylic acids is 2. The van der Waals surface area contributed by atoms with Crippen molar-refractivity contribution in [1.29, 1.82) is 0 Å². The van der Waals surface area contributed by atoms with E-state index in [2.05, 4.69) is 10.6 Å². The summed E-state index contributed by atoms with van der Waals surface area (Å²) in [7, 11) is 0. The summed E-state index contributed by atoms with van der Waals surface area (Å²) in [5, 5.41) is 5.75. The fourth-order valence-corrected chi connectivity index (χ4v) is 2.28. The van der Waals surface area contributed by atoms with E-state index in [0.717, 1.165) is 5.56 Å². The van der Waals surface area contributed by atoms with Gasteiger partial charge in [-0.3, -0.25) is 9.59 Å². The molecule has 0 aliphatic heterocycles. The molecule has 0 aliphatic carbocycles. The number of aryl methyl sites for hydroxylation is 1. The Balaban J connectivity index is 1.92. The molecule has 0 saturated heterocycles. The maximum atomic E-state index is 12.2. The summed E-state index contributed by atoms with van der Waals surface area (Å²) in [6.07, 6.45) is 0. The Bertz CT molecular complexity index is 706. The normalized spacial score (nSPS) is 10.5. The smallest absolute Gasteiger partial charge is 0.251 e. The lowest BCUT2D eigenvalue weighted by molar-refractivity contribution is 0.0938. The molecule has 4 nitrogen and oxygen atoms in total. The number of rotatable bonds is 6. The first-order valence-electron chi connectivity index (χ1n) is 8.17. The van der Waals surface area contributed by atoms with Gasteiger partial charge in [-0.2, -0.15) is 0 Å². The van der Waals surface area contributed by atoms with Crippen molar-refractivity contribution in [2.24, 2.45) is 5.92 Å². The molecule has 0 radical (unpaired) electrons. The SMILES string of the molecule is Cc1cccc(CNC(=O)c2ccc(C(=O)NCC(C)C)cc2)c1. The highest BCUT2D eigenvalue weighted by Crippen LogP contribution is 2.07. The number of carbonyl (C=O) groups is 2. The summed E-state index contributed by atoms with van der Waals surface area (Å²) in [5.74, 6) is 0.140. The van der Waals surface area contributed by atoms with E-state index >= 15 is 0 Å². The number of benzene rings is 2. The summed E-state index contributed by atoms with van der Waals surface area (Å²) in [4.78, 5) is 24.1. The van der Waals surface area contributed by atoms with Crippen LogP contribution < -0.4 is 10.6 Å². The van der Waals surface area contributed by atoms with Gasteiger partial charge >= 0.3 is 0 Å². The first kappa shape index (κ1) is 17.7. The molecule has 0 heterocycles. The Labute approximate surface area is 143 Å². The van der Waals surface area contributed by atoms with E-state index in [4.69, 9.17) is 0 Å². The van der Waals surface area contributed by atoms with Gasteiger partial charge in [0, 0.05) is 24.2 Å². The van der Waals surface area contributed by atoms with Crippen molar-refractivity contribution in [3.63, 3.8) is 0 Å². The average molecular weight is 324 g/mol. The number of hydrogen-bond acceptors (Lipinski definition) is 2. The van der Waals surface area contributed by atoms with Gasteiger partial charge in [0.25, 0.3) is 11.8 Å². The van der Waals surface area contributed by atoms with Crippen molar-refractivity contribution in [3.05, 3.63) is 70.8 Å². The van der Waals surface area contributed by atoms with E-state index in [0.29, 0.717) is 30.1 Å². The van der Waals surface area contributed by atoms with Gasteiger partial charge in [-0.05, 0) is 42.7 Å². The molecule has 0 saturated carbocycles. The second-order valence-corrected chi connectivity index (χ2v) is 6.35. The minimum absolute atomic E-state index is 0.115. The summed E-state index contributed by atoms with van der Waals surface area (Å²) < 4.78 is 0. The predicted octanol–water partition coefficient (Wildman–Crippen LogP) is 3.31. The molecule has 126 valence electrons. The van der Waals surface area contributed by atoms with Gasteiger partial charge in [-0.1, -0.05) is 43.7 Å². The topological polar surface area (TPSA) is 58.2 Å². The zero-order chi connectivity index (χ0) is 17.5. The van der Waals surface area contributed by atoms with Gasteiger partial charge in [0.15, 0.2) is 0 Å². The van der Waals surface area contributed by atoms with Crippen LogP contribution in [0.2, 0.25) is 0 Å². The van der Waals surface area contributed by atoms with Crippen LogP contribution >= 0.6 is 0 Å².